The number of hydrogen-bond donors (Lipinski definition) is 1. The number of carbonyl (C=O) groups is 1. The van der Waals surface area contributed by atoms with Crippen molar-refractivity contribution in [1.82, 2.24) is 10.2 Å². The number of likely N-dealkylation sites (tertiary alicyclic amines) is 1. The molecule has 0 spiro atoms. The molecule has 1 aliphatic heterocycles. The fraction of sp³-hybridized carbons (Fsp3) is 0.381. The van der Waals surface area contributed by atoms with E-state index >= 15 is 0 Å². The first-order chi connectivity index (χ1) is 13.8. The first-order valence-electron chi connectivity index (χ1n) is 9.62. The highest BCUT2D eigenvalue weighted by atomic mass is 35.5. The van der Waals surface area contributed by atoms with Gasteiger partial charge in [0.25, 0.3) is 0 Å². The summed E-state index contributed by atoms with van der Waals surface area (Å²) in [7, 11) is -3.63. The Hall–Kier alpha value is -2.09. The Balaban J connectivity index is 1.65. The molecule has 8 heteroatoms. The maximum Gasteiger partial charge on any atom is 0.241 e. The van der Waals surface area contributed by atoms with E-state index in [0.29, 0.717) is 17.3 Å². The topological polar surface area (TPSA) is 69.7 Å². The van der Waals surface area contributed by atoms with E-state index in [9.17, 15) is 13.2 Å². The van der Waals surface area contributed by atoms with Gasteiger partial charge >= 0.3 is 0 Å². The van der Waals surface area contributed by atoms with Gasteiger partial charge in [0.2, 0.25) is 15.9 Å². The summed E-state index contributed by atoms with van der Waals surface area (Å²) in [6.07, 6.45) is 3.53. The van der Waals surface area contributed by atoms with Crippen LogP contribution in [-0.2, 0) is 27.9 Å². The van der Waals surface area contributed by atoms with E-state index in [2.05, 4.69) is 16.3 Å². The molecule has 1 aliphatic rings. The summed E-state index contributed by atoms with van der Waals surface area (Å²) < 4.78 is 25.5. The molecule has 1 fully saturated rings. The molecule has 0 bridgehead atoms. The molecular formula is C21H26ClN3O3S. The van der Waals surface area contributed by atoms with Crippen molar-refractivity contribution in [3.05, 3.63) is 64.7 Å². The van der Waals surface area contributed by atoms with Crippen molar-refractivity contribution in [2.24, 2.45) is 0 Å². The van der Waals surface area contributed by atoms with E-state index in [0.717, 1.165) is 35.8 Å². The zero-order valence-corrected chi connectivity index (χ0v) is 18.0. The van der Waals surface area contributed by atoms with Crippen molar-refractivity contribution in [2.45, 2.75) is 25.9 Å². The second-order valence-corrected chi connectivity index (χ2v) is 9.62. The molecule has 1 saturated heterocycles. The molecule has 1 amide bonds. The van der Waals surface area contributed by atoms with Crippen molar-refractivity contribution < 1.29 is 13.2 Å². The Kier molecular flexibility index (Phi) is 7.16. The highest BCUT2D eigenvalue weighted by molar-refractivity contribution is 7.92. The number of benzene rings is 2. The van der Waals surface area contributed by atoms with Crippen LogP contribution in [0.1, 0.15) is 24.0 Å². The van der Waals surface area contributed by atoms with Crippen LogP contribution in [0.3, 0.4) is 0 Å². The van der Waals surface area contributed by atoms with E-state index in [1.165, 1.54) is 24.5 Å². The molecule has 3 rings (SSSR count). The Morgan fingerprint density at radius 2 is 1.79 bits per heavy atom. The quantitative estimate of drug-likeness (QED) is 0.692. The smallest absolute Gasteiger partial charge is 0.241 e. The summed E-state index contributed by atoms with van der Waals surface area (Å²) in [5.41, 5.74) is 2.59. The van der Waals surface area contributed by atoms with Gasteiger partial charge in [-0.1, -0.05) is 41.9 Å². The summed E-state index contributed by atoms with van der Waals surface area (Å²) in [6.45, 7) is 3.13. The standard InChI is InChI=1S/C21H26ClN3O3S/c1-29(27,28)25(20-10-6-9-19(22)13-20)16-21(26)23-14-17-7-2-3-8-18(17)15-24-11-4-5-12-24/h2-3,6-10,13H,4-5,11-12,14-16H2,1H3,(H,23,26). The summed E-state index contributed by atoms with van der Waals surface area (Å²) >= 11 is 5.98. The van der Waals surface area contributed by atoms with E-state index in [1.807, 2.05) is 18.2 Å². The Bertz CT molecular complexity index is 959. The molecule has 1 N–H and O–H groups in total. The van der Waals surface area contributed by atoms with Gasteiger partial charge in [0, 0.05) is 18.1 Å². The van der Waals surface area contributed by atoms with Crippen LogP contribution in [0, 0.1) is 0 Å². The number of amides is 1. The van der Waals surface area contributed by atoms with Crippen molar-refractivity contribution in [3.8, 4) is 0 Å². The second kappa shape index (κ2) is 9.61. The van der Waals surface area contributed by atoms with Crippen LogP contribution >= 0.6 is 11.6 Å². The number of carbonyl (C=O) groups excluding carboxylic acids is 1. The van der Waals surface area contributed by atoms with Gasteiger partial charge in [-0.15, -0.1) is 0 Å². The minimum absolute atomic E-state index is 0.298. The zero-order valence-electron chi connectivity index (χ0n) is 16.5. The first kappa shape index (κ1) is 21.6. The minimum atomic E-state index is -3.63. The van der Waals surface area contributed by atoms with Gasteiger partial charge in [0.1, 0.15) is 6.54 Å². The fourth-order valence-corrected chi connectivity index (χ4v) is 4.51. The molecule has 156 valence electrons. The molecule has 0 radical (unpaired) electrons. The van der Waals surface area contributed by atoms with Crippen LogP contribution < -0.4 is 9.62 Å². The predicted octanol–water partition coefficient (Wildman–Crippen LogP) is 3.02. The van der Waals surface area contributed by atoms with Crippen molar-refractivity contribution in [2.75, 3.05) is 30.2 Å². The molecule has 6 nitrogen and oxygen atoms in total. The number of hydrogen-bond acceptors (Lipinski definition) is 4. The maximum absolute atomic E-state index is 12.5. The van der Waals surface area contributed by atoms with E-state index in [-0.39, 0.29) is 12.5 Å². The molecule has 29 heavy (non-hydrogen) atoms. The van der Waals surface area contributed by atoms with Gasteiger partial charge in [-0.3, -0.25) is 14.0 Å². The van der Waals surface area contributed by atoms with Crippen LogP contribution in [0.15, 0.2) is 48.5 Å². The normalized spacial score (nSPS) is 14.7. The predicted molar refractivity (Wildman–Crippen MR) is 116 cm³/mol. The zero-order chi connectivity index (χ0) is 20.9. The molecule has 0 unspecified atom stereocenters. The third kappa shape index (κ3) is 6.19. The lowest BCUT2D eigenvalue weighted by atomic mass is 10.1. The maximum atomic E-state index is 12.5. The van der Waals surface area contributed by atoms with Gasteiger partial charge in [0.05, 0.1) is 11.9 Å². The molecule has 1 heterocycles. The lowest BCUT2D eigenvalue weighted by molar-refractivity contribution is -0.119. The SMILES string of the molecule is CS(=O)(=O)N(CC(=O)NCc1ccccc1CN1CCCC1)c1cccc(Cl)c1. The van der Waals surface area contributed by atoms with Crippen molar-refractivity contribution >= 4 is 33.2 Å². The third-order valence-corrected chi connectivity index (χ3v) is 6.35. The molecule has 2 aromatic rings. The Morgan fingerprint density at radius 3 is 2.45 bits per heavy atom. The van der Waals surface area contributed by atoms with Crippen molar-refractivity contribution in [3.63, 3.8) is 0 Å². The number of nitrogens with one attached hydrogen (secondary N) is 1. The fourth-order valence-electron chi connectivity index (χ4n) is 3.48. The molecule has 0 atom stereocenters. The second-order valence-electron chi connectivity index (χ2n) is 7.28. The largest absolute Gasteiger partial charge is 0.350 e. The van der Waals surface area contributed by atoms with Gasteiger partial charge in [-0.25, -0.2) is 8.42 Å². The lowest BCUT2D eigenvalue weighted by Gasteiger charge is -2.22. The van der Waals surface area contributed by atoms with E-state index in [1.54, 1.807) is 18.2 Å². The van der Waals surface area contributed by atoms with Gasteiger partial charge in [0.15, 0.2) is 0 Å². The van der Waals surface area contributed by atoms with E-state index in [4.69, 9.17) is 11.6 Å². The van der Waals surface area contributed by atoms with Crippen LogP contribution in [0.5, 0.6) is 0 Å². The molecule has 2 aromatic carbocycles. The molecular weight excluding hydrogens is 410 g/mol. The highest BCUT2D eigenvalue weighted by Crippen LogP contribution is 2.21. The van der Waals surface area contributed by atoms with Crippen LogP contribution in [0.4, 0.5) is 5.69 Å². The van der Waals surface area contributed by atoms with Gasteiger partial charge in [-0.2, -0.15) is 0 Å². The summed E-state index contributed by atoms with van der Waals surface area (Å²) in [6, 6.07) is 14.5. The summed E-state index contributed by atoms with van der Waals surface area (Å²) in [5.74, 6) is -0.369. The number of anilines is 1. The Labute approximate surface area is 177 Å². The van der Waals surface area contributed by atoms with Crippen LogP contribution in [0.25, 0.3) is 0 Å². The average molecular weight is 436 g/mol. The van der Waals surface area contributed by atoms with Gasteiger partial charge in [-0.05, 0) is 55.3 Å². The van der Waals surface area contributed by atoms with Crippen LogP contribution in [-0.4, -0.2) is 45.1 Å². The number of halogens is 1. The summed E-state index contributed by atoms with van der Waals surface area (Å²) in [5, 5.41) is 3.26. The minimum Gasteiger partial charge on any atom is -0.350 e. The molecule has 0 aromatic heterocycles. The number of sulfonamides is 1. The van der Waals surface area contributed by atoms with Crippen molar-refractivity contribution in [1.29, 1.82) is 0 Å². The monoisotopic (exact) mass is 435 g/mol. The lowest BCUT2D eigenvalue weighted by Crippen LogP contribution is -2.40. The highest BCUT2D eigenvalue weighted by Gasteiger charge is 2.21. The van der Waals surface area contributed by atoms with E-state index < -0.39 is 10.0 Å². The first-order valence-corrected chi connectivity index (χ1v) is 11.8. The third-order valence-electron chi connectivity index (χ3n) is 4.97. The molecule has 0 saturated carbocycles. The van der Waals surface area contributed by atoms with Gasteiger partial charge < -0.3 is 5.32 Å². The molecule has 0 aliphatic carbocycles. The summed E-state index contributed by atoms with van der Waals surface area (Å²) in [4.78, 5) is 14.9. The average Bonchev–Trinajstić information content (AvgIpc) is 3.17. The number of rotatable bonds is 8. The number of nitrogens with zero attached hydrogens (tertiary/aromatic N) is 2. The van der Waals surface area contributed by atoms with Crippen LogP contribution in [0.2, 0.25) is 5.02 Å². The Morgan fingerprint density at radius 1 is 1.10 bits per heavy atom.